The van der Waals surface area contributed by atoms with Gasteiger partial charge in [0.15, 0.2) is 3.68 Å². The number of hydrogen-bond donors (Lipinski definition) is 2. The zero-order chi connectivity index (χ0) is 9.94. The lowest BCUT2D eigenvalue weighted by molar-refractivity contribution is -0.117. The van der Waals surface area contributed by atoms with Crippen molar-refractivity contribution in [3.8, 4) is 0 Å². The minimum atomic E-state index is -1.48. The molecule has 2 unspecified atom stereocenters. The fourth-order valence-corrected chi connectivity index (χ4v) is 1.66. The maximum absolute atomic E-state index is 12.9. The molecule has 0 aromatic carbocycles. The van der Waals surface area contributed by atoms with E-state index in [2.05, 4.69) is 0 Å². The molecule has 0 bridgehead atoms. The summed E-state index contributed by atoms with van der Waals surface area (Å²) in [6, 6.07) is -0.832. The Balaban J connectivity index is 4.04. The SMILES string of the molecule is CC(F)(I)C[C@H](N)C(O)C(=O)I. The van der Waals surface area contributed by atoms with Gasteiger partial charge in [0.2, 0.25) is 3.79 Å². The first kappa shape index (κ1) is 13.0. The summed E-state index contributed by atoms with van der Waals surface area (Å²) in [5, 5.41) is 9.11. The molecule has 0 amide bonds. The summed E-state index contributed by atoms with van der Waals surface area (Å²) in [6.45, 7) is 1.35. The lowest BCUT2D eigenvalue weighted by Crippen LogP contribution is -2.41. The van der Waals surface area contributed by atoms with Gasteiger partial charge >= 0.3 is 0 Å². The Hall–Kier alpha value is 0.980. The van der Waals surface area contributed by atoms with E-state index in [1.54, 1.807) is 22.6 Å². The molecular weight excluding hydrogens is 391 g/mol. The number of rotatable bonds is 4. The van der Waals surface area contributed by atoms with E-state index in [9.17, 15) is 9.18 Å². The number of carbonyl (C=O) groups excluding carboxylic acids is 1. The zero-order valence-electron chi connectivity index (χ0n) is 6.43. The molecule has 0 radical (unpaired) electrons. The molecule has 0 aromatic rings. The van der Waals surface area contributed by atoms with E-state index in [1.807, 2.05) is 0 Å². The molecule has 72 valence electrons. The van der Waals surface area contributed by atoms with Crippen LogP contribution in [0.25, 0.3) is 0 Å². The molecule has 3 N–H and O–H groups in total. The summed E-state index contributed by atoms with van der Waals surface area (Å²) in [4.78, 5) is 10.6. The molecule has 0 aliphatic heterocycles. The lowest BCUT2D eigenvalue weighted by atomic mass is 10.1. The maximum atomic E-state index is 12.9. The number of alkyl halides is 2. The van der Waals surface area contributed by atoms with E-state index < -0.39 is 19.6 Å². The molecule has 12 heavy (non-hydrogen) atoms. The van der Waals surface area contributed by atoms with Gasteiger partial charge in [-0.1, -0.05) is 0 Å². The second-order valence-electron chi connectivity index (χ2n) is 2.69. The van der Waals surface area contributed by atoms with E-state index in [1.165, 1.54) is 29.5 Å². The van der Waals surface area contributed by atoms with Crippen LogP contribution in [0.1, 0.15) is 13.3 Å². The minimum Gasteiger partial charge on any atom is -0.383 e. The van der Waals surface area contributed by atoms with Crippen molar-refractivity contribution in [1.29, 1.82) is 0 Å². The van der Waals surface area contributed by atoms with E-state index in [4.69, 9.17) is 10.8 Å². The van der Waals surface area contributed by atoms with Gasteiger partial charge in [-0.15, -0.1) is 0 Å². The average molecular weight is 401 g/mol. The highest BCUT2D eigenvalue weighted by molar-refractivity contribution is 14.1. The topological polar surface area (TPSA) is 63.3 Å². The smallest absolute Gasteiger partial charge is 0.222 e. The first-order valence-corrected chi connectivity index (χ1v) is 5.40. The van der Waals surface area contributed by atoms with Crippen molar-refractivity contribution in [2.45, 2.75) is 29.2 Å². The largest absolute Gasteiger partial charge is 0.383 e. The molecule has 3 atom stereocenters. The van der Waals surface area contributed by atoms with Crippen LogP contribution >= 0.6 is 45.2 Å². The average Bonchev–Trinajstić information content (AvgIpc) is 1.82. The summed E-state index contributed by atoms with van der Waals surface area (Å²) in [5.74, 6) is 0. The molecule has 0 fully saturated rings. The minimum absolute atomic E-state index is 0.0382. The first-order chi connectivity index (χ1) is 5.24. The van der Waals surface area contributed by atoms with Crippen LogP contribution in [0, 0.1) is 0 Å². The van der Waals surface area contributed by atoms with Crippen LogP contribution in [0.2, 0.25) is 0 Å². The van der Waals surface area contributed by atoms with Crippen LogP contribution in [-0.4, -0.2) is 24.7 Å². The molecule has 6 heteroatoms. The molecule has 0 aliphatic carbocycles. The van der Waals surface area contributed by atoms with Crippen LogP contribution in [-0.2, 0) is 4.79 Å². The molecule has 0 rings (SSSR count). The number of carbonyl (C=O) groups is 1. The summed E-state index contributed by atoms with van der Waals surface area (Å²) in [5.41, 5.74) is 5.38. The van der Waals surface area contributed by atoms with Gasteiger partial charge in [-0.2, -0.15) is 0 Å². The third-order valence-electron chi connectivity index (χ3n) is 1.23. The van der Waals surface area contributed by atoms with E-state index >= 15 is 0 Å². The summed E-state index contributed by atoms with van der Waals surface area (Å²) >= 11 is 3.02. The molecular formula is C6H10FI2NO2. The predicted octanol–water partition coefficient (Wildman–Crippen LogP) is 1.15. The van der Waals surface area contributed by atoms with Crippen molar-refractivity contribution in [2.75, 3.05) is 0 Å². The third-order valence-corrected chi connectivity index (χ3v) is 2.31. The number of nitrogens with two attached hydrogens (primary N) is 1. The second kappa shape index (κ2) is 5.01. The Morgan fingerprint density at radius 2 is 2.25 bits per heavy atom. The molecule has 0 aromatic heterocycles. The Kier molecular flexibility index (Phi) is 5.42. The monoisotopic (exact) mass is 401 g/mol. The highest BCUT2D eigenvalue weighted by atomic mass is 127. The number of halogens is 3. The van der Waals surface area contributed by atoms with Crippen molar-refractivity contribution >= 4 is 49.0 Å². The predicted molar refractivity (Wildman–Crippen MR) is 61.2 cm³/mol. The number of aliphatic hydroxyl groups excluding tert-OH is 1. The third kappa shape index (κ3) is 5.60. The summed E-state index contributed by atoms with van der Waals surface area (Å²) in [6.07, 6.45) is -1.31. The molecule has 0 spiro atoms. The van der Waals surface area contributed by atoms with Crippen molar-refractivity contribution < 1.29 is 14.3 Å². The zero-order valence-corrected chi connectivity index (χ0v) is 10.7. The molecule has 3 nitrogen and oxygen atoms in total. The van der Waals surface area contributed by atoms with Crippen LogP contribution in [0.3, 0.4) is 0 Å². The fraction of sp³-hybridized carbons (Fsp3) is 0.833. The van der Waals surface area contributed by atoms with Crippen LogP contribution in [0.15, 0.2) is 0 Å². The van der Waals surface area contributed by atoms with Gasteiger partial charge in [-0.05, 0) is 29.5 Å². The van der Waals surface area contributed by atoms with Gasteiger partial charge < -0.3 is 10.8 Å². The van der Waals surface area contributed by atoms with Crippen molar-refractivity contribution in [2.24, 2.45) is 5.73 Å². The second-order valence-corrected chi connectivity index (χ2v) is 6.00. The quantitative estimate of drug-likeness (QED) is 0.422. The number of aliphatic hydroxyl groups is 1. The lowest BCUT2D eigenvalue weighted by Gasteiger charge is -2.20. The van der Waals surface area contributed by atoms with Gasteiger partial charge in [0.1, 0.15) is 6.10 Å². The van der Waals surface area contributed by atoms with E-state index in [0.29, 0.717) is 0 Å². The Bertz CT molecular complexity index is 171. The Morgan fingerprint density at radius 1 is 1.83 bits per heavy atom. The first-order valence-electron chi connectivity index (χ1n) is 3.25. The van der Waals surface area contributed by atoms with Crippen LogP contribution in [0.4, 0.5) is 4.39 Å². The Morgan fingerprint density at radius 3 is 2.50 bits per heavy atom. The van der Waals surface area contributed by atoms with E-state index in [-0.39, 0.29) is 6.42 Å². The van der Waals surface area contributed by atoms with E-state index in [0.717, 1.165) is 0 Å². The number of hydrogen-bond acceptors (Lipinski definition) is 3. The summed E-state index contributed by atoms with van der Waals surface area (Å²) in [7, 11) is 0. The standard InChI is InChI=1S/C6H10FI2NO2/c1-6(7,9)2-3(10)4(11)5(8)12/h3-4,11H,2,10H2,1H3/t3-,4?,6?/m0/s1. The highest BCUT2D eigenvalue weighted by Crippen LogP contribution is 2.26. The Labute approximate surface area is 97.5 Å². The molecule has 0 aliphatic rings. The fourth-order valence-electron chi connectivity index (χ4n) is 0.694. The van der Waals surface area contributed by atoms with Gasteiger partial charge in [-0.25, -0.2) is 4.39 Å². The summed E-state index contributed by atoms with van der Waals surface area (Å²) < 4.78 is 11.0. The van der Waals surface area contributed by atoms with Crippen LogP contribution in [0.5, 0.6) is 0 Å². The van der Waals surface area contributed by atoms with Gasteiger partial charge in [-0.3, -0.25) is 4.79 Å². The molecule has 0 saturated heterocycles. The molecule has 0 saturated carbocycles. The van der Waals surface area contributed by atoms with Crippen molar-refractivity contribution in [3.05, 3.63) is 0 Å². The van der Waals surface area contributed by atoms with Crippen molar-refractivity contribution in [3.63, 3.8) is 0 Å². The maximum Gasteiger partial charge on any atom is 0.222 e. The highest BCUT2D eigenvalue weighted by Gasteiger charge is 2.28. The normalized spacial score (nSPS) is 21.2. The van der Waals surface area contributed by atoms with Gasteiger partial charge in [0.05, 0.1) is 0 Å². The van der Waals surface area contributed by atoms with Crippen LogP contribution < -0.4 is 5.73 Å². The van der Waals surface area contributed by atoms with Crippen molar-refractivity contribution in [1.82, 2.24) is 0 Å². The molecule has 0 heterocycles. The van der Waals surface area contributed by atoms with Gasteiger partial charge in [0, 0.05) is 35.1 Å². The van der Waals surface area contributed by atoms with Gasteiger partial charge in [0.25, 0.3) is 0 Å².